The number of rotatable bonds is 1. The van der Waals surface area contributed by atoms with Crippen molar-refractivity contribution in [2.45, 2.75) is 8.63 Å². The first-order chi connectivity index (χ1) is 5.13. The summed E-state index contributed by atoms with van der Waals surface area (Å²) in [5, 5.41) is 0.689. The van der Waals surface area contributed by atoms with Gasteiger partial charge in [0.15, 0.2) is 0 Å². The van der Waals surface area contributed by atoms with Crippen LogP contribution >= 0.6 is 56.1 Å². The van der Waals surface area contributed by atoms with Crippen LogP contribution in [0.3, 0.4) is 0 Å². The van der Waals surface area contributed by atoms with Gasteiger partial charge in [-0.2, -0.15) is 0 Å². The molecule has 4 heteroatoms. The van der Waals surface area contributed by atoms with E-state index in [4.69, 9.17) is 11.6 Å². The van der Waals surface area contributed by atoms with Gasteiger partial charge in [0.2, 0.25) is 0 Å². The average molecular weight is 316 g/mol. The van der Waals surface area contributed by atoms with Crippen LogP contribution in [0.15, 0.2) is 23.1 Å². The van der Waals surface area contributed by atoms with Crippen molar-refractivity contribution in [3.8, 4) is 0 Å². The Morgan fingerprint density at radius 2 is 2.00 bits per heavy atom. The molecular weight excluding hydrogens is 311 g/mol. The van der Waals surface area contributed by atoms with Gasteiger partial charge in [-0.15, -0.1) is 12.6 Å². The van der Waals surface area contributed by atoms with Crippen molar-refractivity contribution < 1.29 is 0 Å². The van der Waals surface area contributed by atoms with E-state index in [2.05, 4.69) is 44.5 Å². The van der Waals surface area contributed by atoms with Crippen LogP contribution in [0.1, 0.15) is 9.30 Å². The lowest BCUT2D eigenvalue weighted by atomic mass is 10.2. The van der Waals surface area contributed by atoms with Crippen LogP contribution < -0.4 is 0 Å². The molecule has 0 saturated carbocycles. The summed E-state index contributed by atoms with van der Waals surface area (Å²) in [6.07, 6.45) is 0. The van der Waals surface area contributed by atoms with Gasteiger partial charge in [0.05, 0.1) is 8.76 Å². The first kappa shape index (κ1) is 9.90. The van der Waals surface area contributed by atoms with Gasteiger partial charge >= 0.3 is 0 Å². The molecule has 1 aromatic carbocycles. The van der Waals surface area contributed by atoms with Gasteiger partial charge in [0.25, 0.3) is 0 Å². The Bertz CT molecular complexity index is 263. The minimum Gasteiger partial charge on any atom is -0.142 e. The lowest BCUT2D eigenvalue weighted by Gasteiger charge is -2.05. The maximum absolute atomic E-state index is 5.95. The van der Waals surface area contributed by atoms with Crippen molar-refractivity contribution in [2.75, 3.05) is 0 Å². The third-order valence-corrected chi connectivity index (χ3v) is 3.16. The van der Waals surface area contributed by atoms with Crippen LogP contribution in [0.5, 0.6) is 0 Å². The Morgan fingerprint density at radius 3 is 2.45 bits per heavy atom. The van der Waals surface area contributed by atoms with E-state index >= 15 is 0 Å². The standard InChI is InChI=1S/C7H5Br2ClS/c8-7(9)4-2-1-3-5(11)6(4)10/h1-3,7,11H. The largest absolute Gasteiger partial charge is 0.142 e. The van der Waals surface area contributed by atoms with E-state index < -0.39 is 0 Å². The molecule has 0 amide bonds. The van der Waals surface area contributed by atoms with Crippen molar-refractivity contribution in [3.05, 3.63) is 28.8 Å². The molecule has 0 heterocycles. The predicted octanol–water partition coefficient (Wildman–Crippen LogP) is 4.42. The number of benzene rings is 1. The molecule has 0 aliphatic rings. The number of hydrogen-bond acceptors (Lipinski definition) is 1. The van der Waals surface area contributed by atoms with Crippen LogP contribution in [-0.4, -0.2) is 0 Å². The van der Waals surface area contributed by atoms with Gasteiger partial charge in [0.1, 0.15) is 0 Å². The van der Waals surface area contributed by atoms with Crippen LogP contribution in [0.2, 0.25) is 5.02 Å². The molecule has 0 spiro atoms. The maximum Gasteiger partial charge on any atom is 0.0961 e. The molecule has 0 aromatic heterocycles. The number of halogens is 3. The zero-order chi connectivity index (χ0) is 8.43. The normalized spacial score (nSPS) is 10.6. The van der Waals surface area contributed by atoms with E-state index in [0.29, 0.717) is 5.02 Å². The molecule has 0 aliphatic carbocycles. The highest BCUT2D eigenvalue weighted by atomic mass is 79.9. The molecule has 11 heavy (non-hydrogen) atoms. The predicted molar refractivity (Wildman–Crippen MR) is 59.3 cm³/mol. The zero-order valence-electron chi connectivity index (χ0n) is 5.39. The fraction of sp³-hybridized carbons (Fsp3) is 0.143. The zero-order valence-corrected chi connectivity index (χ0v) is 10.2. The van der Waals surface area contributed by atoms with Crippen molar-refractivity contribution in [1.29, 1.82) is 0 Å². The summed E-state index contributed by atoms with van der Waals surface area (Å²) in [5.41, 5.74) is 0.999. The second kappa shape index (κ2) is 4.17. The van der Waals surface area contributed by atoms with Crippen LogP contribution in [-0.2, 0) is 0 Å². The average Bonchev–Trinajstić information content (AvgIpc) is 1.94. The summed E-state index contributed by atoms with van der Waals surface area (Å²) in [6, 6.07) is 5.71. The molecule has 0 nitrogen and oxygen atoms in total. The molecule has 0 fully saturated rings. The number of thiol groups is 1. The number of alkyl halides is 2. The monoisotopic (exact) mass is 314 g/mol. The minimum absolute atomic E-state index is 0.0922. The maximum atomic E-state index is 5.95. The van der Waals surface area contributed by atoms with E-state index in [1.165, 1.54) is 0 Å². The van der Waals surface area contributed by atoms with Gasteiger partial charge in [0, 0.05) is 4.90 Å². The fourth-order valence-corrected chi connectivity index (χ4v) is 2.18. The molecule has 0 atom stereocenters. The first-order valence-corrected chi connectivity index (χ1v) is 5.54. The first-order valence-electron chi connectivity index (χ1n) is 2.88. The lowest BCUT2D eigenvalue weighted by Crippen LogP contribution is -1.82. The molecule has 1 aromatic rings. The SMILES string of the molecule is Sc1cccc(C(Br)Br)c1Cl. The molecule has 0 N–H and O–H groups in total. The minimum atomic E-state index is 0.0922. The third-order valence-electron chi connectivity index (χ3n) is 1.24. The Balaban J connectivity index is 3.17. The van der Waals surface area contributed by atoms with Crippen LogP contribution in [0.4, 0.5) is 0 Å². The molecule has 0 unspecified atom stereocenters. The summed E-state index contributed by atoms with van der Waals surface area (Å²) in [4.78, 5) is 0.799. The fourth-order valence-electron chi connectivity index (χ4n) is 0.706. The highest BCUT2D eigenvalue weighted by Gasteiger charge is 2.08. The Hall–Kier alpha value is 0.820. The number of hydrogen-bond donors (Lipinski definition) is 1. The molecule has 60 valence electrons. The smallest absolute Gasteiger partial charge is 0.0961 e. The van der Waals surface area contributed by atoms with Gasteiger partial charge in [-0.3, -0.25) is 0 Å². The van der Waals surface area contributed by atoms with Gasteiger partial charge in [-0.1, -0.05) is 55.6 Å². The second-order valence-electron chi connectivity index (χ2n) is 1.98. The summed E-state index contributed by atoms with van der Waals surface area (Å²) >= 11 is 16.9. The molecular formula is C7H5Br2ClS. The van der Waals surface area contributed by atoms with E-state index in [1.807, 2.05) is 18.2 Å². The summed E-state index contributed by atoms with van der Waals surface area (Å²) < 4.78 is 0.0922. The van der Waals surface area contributed by atoms with E-state index in [-0.39, 0.29) is 3.74 Å². The third kappa shape index (κ3) is 2.38. The van der Waals surface area contributed by atoms with Gasteiger partial charge in [-0.05, 0) is 11.6 Å². The van der Waals surface area contributed by atoms with Crippen molar-refractivity contribution in [1.82, 2.24) is 0 Å². The van der Waals surface area contributed by atoms with Crippen LogP contribution in [0.25, 0.3) is 0 Å². The topological polar surface area (TPSA) is 0 Å². The van der Waals surface area contributed by atoms with E-state index in [9.17, 15) is 0 Å². The Labute approximate surface area is 93.0 Å². The summed E-state index contributed by atoms with van der Waals surface area (Å²) in [7, 11) is 0. The quantitative estimate of drug-likeness (QED) is 0.575. The molecule has 0 aliphatic heterocycles. The van der Waals surface area contributed by atoms with Gasteiger partial charge in [-0.25, -0.2) is 0 Å². The summed E-state index contributed by atoms with van der Waals surface area (Å²) in [6.45, 7) is 0. The highest BCUT2D eigenvalue weighted by Crippen LogP contribution is 2.36. The summed E-state index contributed by atoms with van der Waals surface area (Å²) in [5.74, 6) is 0. The lowest BCUT2D eigenvalue weighted by molar-refractivity contribution is 1.34. The van der Waals surface area contributed by atoms with Gasteiger partial charge < -0.3 is 0 Å². The van der Waals surface area contributed by atoms with E-state index in [0.717, 1.165) is 10.5 Å². The Morgan fingerprint density at radius 1 is 1.36 bits per heavy atom. The molecule has 0 radical (unpaired) electrons. The van der Waals surface area contributed by atoms with Crippen molar-refractivity contribution >= 4 is 56.1 Å². The Kier molecular flexibility index (Phi) is 3.75. The second-order valence-corrected chi connectivity index (χ2v) is 5.90. The molecule has 1 rings (SSSR count). The highest BCUT2D eigenvalue weighted by molar-refractivity contribution is 9.24. The van der Waals surface area contributed by atoms with E-state index in [1.54, 1.807) is 0 Å². The van der Waals surface area contributed by atoms with Crippen molar-refractivity contribution in [3.63, 3.8) is 0 Å². The molecule has 0 bridgehead atoms. The van der Waals surface area contributed by atoms with Crippen LogP contribution in [0, 0.1) is 0 Å². The molecule has 0 saturated heterocycles. The van der Waals surface area contributed by atoms with Crippen molar-refractivity contribution in [2.24, 2.45) is 0 Å².